The highest BCUT2D eigenvalue weighted by Gasteiger charge is 2.15. The zero-order valence-corrected chi connectivity index (χ0v) is 18.9. The maximum Gasteiger partial charge on any atom is 0.136 e. The summed E-state index contributed by atoms with van der Waals surface area (Å²) in [6.07, 6.45) is 0. The summed E-state index contributed by atoms with van der Waals surface area (Å²) in [7, 11) is 0. The molecule has 0 aliphatic carbocycles. The number of furan rings is 2. The molecule has 2 aromatic heterocycles. The van der Waals surface area contributed by atoms with E-state index in [-0.39, 0.29) is 0 Å². The highest BCUT2D eigenvalue weighted by molar-refractivity contribution is 6.15. The smallest absolute Gasteiger partial charge is 0.136 e. The van der Waals surface area contributed by atoms with Crippen LogP contribution in [0.1, 0.15) is 11.1 Å². The largest absolute Gasteiger partial charge is 0.456 e. The molecule has 166 valence electrons. The van der Waals surface area contributed by atoms with Gasteiger partial charge < -0.3 is 8.83 Å². The summed E-state index contributed by atoms with van der Waals surface area (Å²) in [5, 5.41) is 22.5. The Morgan fingerprint density at radius 2 is 0.833 bits per heavy atom. The molecular weight excluding hydrogens is 444 g/mol. The topological polar surface area (TPSA) is 73.9 Å². The van der Waals surface area contributed by atoms with Crippen molar-refractivity contribution >= 4 is 43.9 Å². The Hall–Kier alpha value is -5.32. The molecule has 2 heterocycles. The normalized spacial score (nSPS) is 11.3. The van der Waals surface area contributed by atoms with Crippen LogP contribution < -0.4 is 0 Å². The molecule has 0 aliphatic rings. The highest BCUT2D eigenvalue weighted by atomic mass is 16.3. The lowest BCUT2D eigenvalue weighted by Gasteiger charge is -2.02. The minimum atomic E-state index is 0.632. The van der Waals surface area contributed by atoms with Gasteiger partial charge in [0.1, 0.15) is 22.3 Å². The van der Waals surface area contributed by atoms with Crippen LogP contribution in [0.5, 0.6) is 0 Å². The summed E-state index contributed by atoms with van der Waals surface area (Å²) in [6, 6.07) is 35.9. The van der Waals surface area contributed by atoms with Crippen LogP contribution in [0.4, 0.5) is 0 Å². The van der Waals surface area contributed by atoms with E-state index < -0.39 is 0 Å². The van der Waals surface area contributed by atoms with Crippen molar-refractivity contribution in [2.45, 2.75) is 0 Å². The van der Waals surface area contributed by atoms with Crippen molar-refractivity contribution < 1.29 is 8.83 Å². The molecule has 0 spiro atoms. The first-order chi connectivity index (χ1) is 17.7. The second-order valence-corrected chi connectivity index (χ2v) is 8.86. The first kappa shape index (κ1) is 20.1. The molecule has 0 aliphatic heterocycles. The quantitative estimate of drug-likeness (QED) is 0.259. The number of benzene rings is 5. The Kier molecular flexibility index (Phi) is 4.24. The van der Waals surface area contributed by atoms with Gasteiger partial charge in [-0.25, -0.2) is 0 Å². The van der Waals surface area contributed by atoms with Gasteiger partial charge in [-0.3, -0.25) is 0 Å². The van der Waals surface area contributed by atoms with Crippen molar-refractivity contribution in [1.82, 2.24) is 0 Å². The van der Waals surface area contributed by atoms with E-state index in [9.17, 15) is 10.5 Å². The van der Waals surface area contributed by atoms with E-state index in [1.54, 1.807) is 12.1 Å². The van der Waals surface area contributed by atoms with Crippen LogP contribution in [-0.2, 0) is 0 Å². The Morgan fingerprint density at radius 1 is 0.417 bits per heavy atom. The monoisotopic (exact) mass is 460 g/mol. The molecule has 4 heteroatoms. The standard InChI is InChI=1S/C32H16N2O2/c33-17-19-3-1-5-21(11-19)23-7-9-29-25(13-23)27-15-32-28(16-31(27)35-29)26-14-24(8-10-30(26)36-32)22-6-2-4-20(12-22)18-34/h1-16H. The SMILES string of the molecule is N#Cc1cccc(-c2ccc3oc4cc5c(cc4c3c2)oc2ccc(-c3cccc(C#N)c3)cc25)c1. The van der Waals surface area contributed by atoms with Crippen molar-refractivity contribution in [3.63, 3.8) is 0 Å². The van der Waals surface area contributed by atoms with Gasteiger partial charge in [0.15, 0.2) is 0 Å². The molecule has 0 fully saturated rings. The number of nitriles is 2. The molecule has 0 saturated carbocycles. The third-order valence-electron chi connectivity index (χ3n) is 6.71. The maximum absolute atomic E-state index is 9.27. The Balaban J connectivity index is 1.41. The van der Waals surface area contributed by atoms with Crippen LogP contribution in [0.2, 0.25) is 0 Å². The predicted molar refractivity (Wildman–Crippen MR) is 141 cm³/mol. The van der Waals surface area contributed by atoms with Gasteiger partial charge in [-0.05, 0) is 82.9 Å². The number of nitrogens with zero attached hydrogens (tertiary/aromatic N) is 2. The summed E-state index contributed by atoms with van der Waals surface area (Å²) >= 11 is 0. The van der Waals surface area contributed by atoms with Gasteiger partial charge in [0.2, 0.25) is 0 Å². The van der Waals surface area contributed by atoms with Crippen molar-refractivity contribution in [2.24, 2.45) is 0 Å². The Labute approximate surface area is 205 Å². The van der Waals surface area contributed by atoms with Gasteiger partial charge in [-0.1, -0.05) is 36.4 Å². The summed E-state index contributed by atoms with van der Waals surface area (Å²) in [5.41, 5.74) is 8.48. The average Bonchev–Trinajstić information content (AvgIpc) is 3.48. The van der Waals surface area contributed by atoms with Gasteiger partial charge in [0, 0.05) is 21.5 Å². The molecule has 0 saturated heterocycles. The van der Waals surface area contributed by atoms with Crippen molar-refractivity contribution in [2.75, 3.05) is 0 Å². The van der Waals surface area contributed by atoms with Gasteiger partial charge in [-0.15, -0.1) is 0 Å². The molecule has 0 amide bonds. The van der Waals surface area contributed by atoms with Crippen LogP contribution in [0.15, 0.2) is 106 Å². The zero-order valence-electron chi connectivity index (χ0n) is 18.9. The molecule has 7 rings (SSSR count). The van der Waals surface area contributed by atoms with Crippen LogP contribution in [0.3, 0.4) is 0 Å². The molecule has 5 aromatic carbocycles. The Bertz CT molecular complexity index is 1930. The predicted octanol–water partition coefficient (Wildman–Crippen LogP) is 8.56. The summed E-state index contributed by atoms with van der Waals surface area (Å²) < 4.78 is 12.5. The van der Waals surface area contributed by atoms with Crippen molar-refractivity contribution in [1.29, 1.82) is 10.5 Å². The fraction of sp³-hybridized carbons (Fsp3) is 0. The average molecular weight is 460 g/mol. The Morgan fingerprint density at radius 3 is 1.28 bits per heavy atom. The van der Waals surface area contributed by atoms with Crippen molar-refractivity contribution in [3.8, 4) is 34.4 Å². The third-order valence-corrected chi connectivity index (χ3v) is 6.71. The molecule has 0 N–H and O–H groups in total. The zero-order chi connectivity index (χ0) is 24.2. The van der Waals surface area contributed by atoms with E-state index in [1.165, 1.54) is 0 Å². The van der Waals surface area contributed by atoms with E-state index in [0.29, 0.717) is 11.1 Å². The third kappa shape index (κ3) is 3.06. The van der Waals surface area contributed by atoms with Gasteiger partial charge in [0.25, 0.3) is 0 Å². The summed E-state index contributed by atoms with van der Waals surface area (Å²) in [4.78, 5) is 0. The van der Waals surface area contributed by atoms with Crippen LogP contribution in [0.25, 0.3) is 66.1 Å². The fourth-order valence-corrected chi connectivity index (χ4v) is 4.94. The summed E-state index contributed by atoms with van der Waals surface area (Å²) in [5.74, 6) is 0. The first-order valence-corrected chi connectivity index (χ1v) is 11.5. The second-order valence-electron chi connectivity index (χ2n) is 8.86. The van der Waals surface area contributed by atoms with E-state index >= 15 is 0 Å². The van der Waals surface area contributed by atoms with E-state index in [4.69, 9.17) is 8.83 Å². The molecule has 7 aromatic rings. The lowest BCUT2D eigenvalue weighted by Crippen LogP contribution is -1.80. The second kappa shape index (κ2) is 7.60. The van der Waals surface area contributed by atoms with Gasteiger partial charge >= 0.3 is 0 Å². The lowest BCUT2D eigenvalue weighted by molar-refractivity contribution is 0.664. The van der Waals surface area contributed by atoms with Crippen LogP contribution >= 0.6 is 0 Å². The van der Waals surface area contributed by atoms with E-state index in [1.807, 2.05) is 72.8 Å². The van der Waals surface area contributed by atoms with Crippen LogP contribution in [-0.4, -0.2) is 0 Å². The number of hydrogen-bond donors (Lipinski definition) is 0. The first-order valence-electron chi connectivity index (χ1n) is 11.5. The molecular formula is C32H16N2O2. The number of rotatable bonds is 2. The number of fused-ring (bicyclic) bond motifs is 6. The van der Waals surface area contributed by atoms with E-state index in [0.717, 1.165) is 66.1 Å². The molecule has 0 bridgehead atoms. The molecule has 0 atom stereocenters. The summed E-state index contributed by atoms with van der Waals surface area (Å²) in [6.45, 7) is 0. The molecule has 36 heavy (non-hydrogen) atoms. The van der Waals surface area contributed by atoms with Gasteiger partial charge in [0.05, 0.1) is 23.3 Å². The molecule has 4 nitrogen and oxygen atoms in total. The van der Waals surface area contributed by atoms with Crippen LogP contribution in [0, 0.1) is 22.7 Å². The fourth-order valence-electron chi connectivity index (χ4n) is 4.94. The van der Waals surface area contributed by atoms with E-state index in [2.05, 4.69) is 24.3 Å². The lowest BCUT2D eigenvalue weighted by atomic mass is 10.00. The molecule has 0 radical (unpaired) electrons. The minimum absolute atomic E-state index is 0.632. The maximum atomic E-state index is 9.27. The number of hydrogen-bond acceptors (Lipinski definition) is 4. The molecule has 0 unspecified atom stereocenters. The van der Waals surface area contributed by atoms with Gasteiger partial charge in [-0.2, -0.15) is 10.5 Å². The minimum Gasteiger partial charge on any atom is -0.456 e. The highest BCUT2D eigenvalue weighted by Crippen LogP contribution is 2.39. The van der Waals surface area contributed by atoms with Crippen molar-refractivity contribution in [3.05, 3.63) is 108 Å².